The highest BCUT2D eigenvalue weighted by molar-refractivity contribution is 5.89. The molecule has 0 heterocycles. The summed E-state index contributed by atoms with van der Waals surface area (Å²) in [7, 11) is 0. The Kier molecular flexibility index (Phi) is 6.13. The molecule has 15 heavy (non-hydrogen) atoms. The molecule has 0 aliphatic rings. The second kappa shape index (κ2) is 6.84. The molecular formula is C10H12ClNO3. The Morgan fingerprint density at radius 2 is 1.87 bits per heavy atom. The van der Waals surface area contributed by atoms with Gasteiger partial charge in [0.15, 0.2) is 6.73 Å². The monoisotopic (exact) mass is 229 g/mol. The van der Waals surface area contributed by atoms with Crippen molar-refractivity contribution < 1.29 is 14.3 Å². The summed E-state index contributed by atoms with van der Waals surface area (Å²) in [5.41, 5.74) is 0.470. The number of amides is 1. The Balaban J connectivity index is 0.00000196. The Bertz CT molecular complexity index is 327. The van der Waals surface area contributed by atoms with E-state index in [0.717, 1.165) is 0 Å². The van der Waals surface area contributed by atoms with Gasteiger partial charge in [-0.15, -0.1) is 12.4 Å². The van der Waals surface area contributed by atoms with Gasteiger partial charge in [-0.1, -0.05) is 18.2 Å². The second-order valence-corrected chi connectivity index (χ2v) is 2.68. The molecule has 82 valence electrons. The highest BCUT2D eigenvalue weighted by atomic mass is 35.5. The molecule has 1 aromatic rings. The van der Waals surface area contributed by atoms with Crippen LogP contribution in [0.1, 0.15) is 17.3 Å². The van der Waals surface area contributed by atoms with Crippen molar-refractivity contribution in [3.8, 4) is 0 Å². The van der Waals surface area contributed by atoms with Crippen LogP contribution in [0.5, 0.6) is 0 Å². The average Bonchev–Trinajstić information content (AvgIpc) is 2.18. The number of nitrogens with one attached hydrogen (secondary N) is 1. The molecule has 0 aliphatic carbocycles. The molecule has 0 bridgehead atoms. The van der Waals surface area contributed by atoms with E-state index in [-0.39, 0.29) is 25.0 Å². The first-order chi connectivity index (χ1) is 6.70. The summed E-state index contributed by atoms with van der Waals surface area (Å²) in [4.78, 5) is 21.7. The standard InChI is InChI=1S/C10H11NO3.ClH/c1-8(12)11-7-14-10(13)9-5-3-2-4-6-9;/h2-6H,7H2,1H3,(H,11,12);1H. The largest absolute Gasteiger partial charge is 0.441 e. The first kappa shape index (κ1) is 13.5. The molecule has 4 nitrogen and oxygen atoms in total. The highest BCUT2D eigenvalue weighted by Crippen LogP contribution is 1.99. The molecule has 0 radical (unpaired) electrons. The van der Waals surface area contributed by atoms with Gasteiger partial charge >= 0.3 is 5.97 Å². The number of carbonyl (C=O) groups excluding carboxylic acids is 2. The van der Waals surface area contributed by atoms with Crippen LogP contribution in [0, 0.1) is 0 Å². The zero-order valence-electron chi connectivity index (χ0n) is 8.23. The smallest absolute Gasteiger partial charge is 0.339 e. The Morgan fingerprint density at radius 3 is 2.40 bits per heavy atom. The van der Waals surface area contributed by atoms with Gasteiger partial charge in [0, 0.05) is 6.92 Å². The van der Waals surface area contributed by atoms with Gasteiger partial charge in [-0.2, -0.15) is 0 Å². The minimum absolute atomic E-state index is 0. The van der Waals surface area contributed by atoms with Gasteiger partial charge in [-0.05, 0) is 12.1 Å². The summed E-state index contributed by atoms with van der Waals surface area (Å²) in [5, 5.41) is 2.36. The predicted molar refractivity (Wildman–Crippen MR) is 57.8 cm³/mol. The molecule has 5 heteroatoms. The molecule has 1 N–H and O–H groups in total. The van der Waals surface area contributed by atoms with Crippen LogP contribution in [0.2, 0.25) is 0 Å². The van der Waals surface area contributed by atoms with Crippen LogP contribution in [-0.4, -0.2) is 18.6 Å². The summed E-state index contributed by atoms with van der Waals surface area (Å²) in [5.74, 6) is -0.676. The lowest BCUT2D eigenvalue weighted by Crippen LogP contribution is -2.25. The van der Waals surface area contributed by atoms with E-state index >= 15 is 0 Å². The quantitative estimate of drug-likeness (QED) is 0.629. The first-order valence-electron chi connectivity index (χ1n) is 4.17. The first-order valence-corrected chi connectivity index (χ1v) is 4.17. The van der Waals surface area contributed by atoms with E-state index in [1.165, 1.54) is 6.92 Å². The SMILES string of the molecule is CC(=O)NCOC(=O)c1ccccc1.Cl. The molecule has 1 rings (SSSR count). The van der Waals surface area contributed by atoms with E-state index in [9.17, 15) is 9.59 Å². The lowest BCUT2D eigenvalue weighted by molar-refractivity contribution is -0.120. The minimum Gasteiger partial charge on any atom is -0.441 e. The van der Waals surface area contributed by atoms with Gasteiger partial charge < -0.3 is 10.1 Å². The number of carbonyl (C=O) groups is 2. The molecule has 1 amide bonds. The molecule has 0 spiro atoms. The van der Waals surface area contributed by atoms with Crippen LogP contribution in [0.3, 0.4) is 0 Å². The number of hydrogen-bond acceptors (Lipinski definition) is 3. The fourth-order valence-electron chi connectivity index (χ4n) is 0.861. The third-order valence-electron chi connectivity index (χ3n) is 1.53. The molecule has 0 saturated heterocycles. The third-order valence-corrected chi connectivity index (χ3v) is 1.53. The van der Waals surface area contributed by atoms with Gasteiger partial charge in [0.05, 0.1) is 5.56 Å². The maximum atomic E-state index is 11.3. The average molecular weight is 230 g/mol. The molecule has 1 aromatic carbocycles. The van der Waals surface area contributed by atoms with E-state index in [1.807, 2.05) is 6.07 Å². The third kappa shape index (κ3) is 5.02. The van der Waals surface area contributed by atoms with Crippen molar-refractivity contribution in [1.29, 1.82) is 0 Å². The number of esters is 1. The van der Waals surface area contributed by atoms with Gasteiger partial charge in [-0.25, -0.2) is 4.79 Å². The Morgan fingerprint density at radius 1 is 1.27 bits per heavy atom. The van der Waals surface area contributed by atoms with Gasteiger partial charge in [0.2, 0.25) is 5.91 Å². The Labute approximate surface area is 94.0 Å². The van der Waals surface area contributed by atoms with Crippen molar-refractivity contribution in [2.45, 2.75) is 6.92 Å². The van der Waals surface area contributed by atoms with Crippen molar-refractivity contribution in [2.24, 2.45) is 0 Å². The fraction of sp³-hybridized carbons (Fsp3) is 0.200. The molecular weight excluding hydrogens is 218 g/mol. The van der Waals surface area contributed by atoms with Crippen molar-refractivity contribution >= 4 is 24.3 Å². The van der Waals surface area contributed by atoms with Gasteiger partial charge in [0.1, 0.15) is 0 Å². The van der Waals surface area contributed by atoms with E-state index in [4.69, 9.17) is 4.74 Å². The summed E-state index contributed by atoms with van der Waals surface area (Å²) in [6, 6.07) is 8.60. The van der Waals surface area contributed by atoms with Crippen LogP contribution in [0.4, 0.5) is 0 Å². The van der Waals surface area contributed by atoms with E-state index < -0.39 is 5.97 Å². The zero-order valence-corrected chi connectivity index (χ0v) is 9.04. The van der Waals surface area contributed by atoms with Crippen molar-refractivity contribution in [2.75, 3.05) is 6.73 Å². The Hall–Kier alpha value is -1.55. The predicted octanol–water partition coefficient (Wildman–Crippen LogP) is 1.36. The number of halogens is 1. The summed E-state index contributed by atoms with van der Waals surface area (Å²) in [6.45, 7) is 1.26. The summed E-state index contributed by atoms with van der Waals surface area (Å²) >= 11 is 0. The van der Waals surface area contributed by atoms with E-state index in [0.29, 0.717) is 5.56 Å². The number of ether oxygens (including phenoxy) is 1. The van der Waals surface area contributed by atoms with Crippen molar-refractivity contribution in [3.05, 3.63) is 35.9 Å². The molecule has 0 aromatic heterocycles. The molecule has 0 aliphatic heterocycles. The fourth-order valence-corrected chi connectivity index (χ4v) is 0.861. The van der Waals surface area contributed by atoms with E-state index in [2.05, 4.69) is 5.32 Å². The summed E-state index contributed by atoms with van der Waals surface area (Å²) < 4.78 is 4.77. The van der Waals surface area contributed by atoms with E-state index in [1.54, 1.807) is 24.3 Å². The van der Waals surface area contributed by atoms with Crippen LogP contribution >= 0.6 is 12.4 Å². The number of hydrogen-bond donors (Lipinski definition) is 1. The maximum Gasteiger partial charge on any atom is 0.339 e. The van der Waals surface area contributed by atoms with Crippen LogP contribution in [-0.2, 0) is 9.53 Å². The van der Waals surface area contributed by atoms with Gasteiger partial charge in [-0.3, -0.25) is 4.79 Å². The lowest BCUT2D eigenvalue weighted by atomic mass is 10.2. The summed E-state index contributed by atoms with van der Waals surface area (Å²) in [6.07, 6.45) is 0. The van der Waals surface area contributed by atoms with Crippen LogP contribution in [0.15, 0.2) is 30.3 Å². The van der Waals surface area contributed by atoms with Gasteiger partial charge in [0.25, 0.3) is 0 Å². The van der Waals surface area contributed by atoms with Crippen LogP contribution in [0.25, 0.3) is 0 Å². The lowest BCUT2D eigenvalue weighted by Gasteiger charge is -2.04. The van der Waals surface area contributed by atoms with Crippen molar-refractivity contribution in [1.82, 2.24) is 5.32 Å². The maximum absolute atomic E-state index is 11.3. The topological polar surface area (TPSA) is 55.4 Å². The normalized spacial score (nSPS) is 8.60. The molecule has 0 unspecified atom stereocenters. The highest BCUT2D eigenvalue weighted by Gasteiger charge is 2.04. The van der Waals surface area contributed by atoms with Crippen LogP contribution < -0.4 is 5.32 Å². The molecule has 0 fully saturated rings. The zero-order chi connectivity index (χ0) is 10.4. The second-order valence-electron chi connectivity index (χ2n) is 2.68. The van der Waals surface area contributed by atoms with Crippen molar-refractivity contribution in [3.63, 3.8) is 0 Å². The molecule has 0 saturated carbocycles. The minimum atomic E-state index is -0.445. The number of rotatable bonds is 3. The number of benzene rings is 1. The molecule has 0 atom stereocenters.